The first kappa shape index (κ1) is 10.8. The van der Waals surface area contributed by atoms with Crippen molar-refractivity contribution in [2.24, 2.45) is 5.73 Å². The zero-order valence-corrected chi connectivity index (χ0v) is 8.13. The minimum atomic E-state index is -0.419. The predicted molar refractivity (Wildman–Crippen MR) is 52.1 cm³/mol. The highest BCUT2D eigenvalue weighted by Gasteiger charge is 2.08. The molecule has 78 valence electrons. The van der Waals surface area contributed by atoms with Gasteiger partial charge in [-0.05, 0) is 25.1 Å². The quantitative estimate of drug-likeness (QED) is 0.732. The minimum absolute atomic E-state index is 0.143. The Labute approximate surface area is 82.6 Å². The SMILES string of the molecule is COc1c(F)cccc1OCCCN. The van der Waals surface area contributed by atoms with Crippen molar-refractivity contribution in [1.82, 2.24) is 0 Å². The van der Waals surface area contributed by atoms with Crippen molar-refractivity contribution >= 4 is 0 Å². The van der Waals surface area contributed by atoms with Crippen LogP contribution in [0.1, 0.15) is 6.42 Å². The second-order valence-corrected chi connectivity index (χ2v) is 2.76. The number of halogens is 1. The van der Waals surface area contributed by atoms with Gasteiger partial charge in [0.1, 0.15) is 0 Å². The summed E-state index contributed by atoms with van der Waals surface area (Å²) in [7, 11) is 1.41. The molecule has 14 heavy (non-hydrogen) atoms. The van der Waals surface area contributed by atoms with Gasteiger partial charge in [0.2, 0.25) is 0 Å². The van der Waals surface area contributed by atoms with Crippen LogP contribution in [-0.2, 0) is 0 Å². The first-order valence-electron chi connectivity index (χ1n) is 4.45. The third kappa shape index (κ3) is 2.60. The van der Waals surface area contributed by atoms with E-state index in [1.54, 1.807) is 12.1 Å². The molecule has 0 aromatic heterocycles. The molecule has 0 saturated carbocycles. The van der Waals surface area contributed by atoms with Crippen molar-refractivity contribution in [3.63, 3.8) is 0 Å². The smallest absolute Gasteiger partial charge is 0.196 e. The molecular formula is C10H14FNO2. The molecule has 1 aromatic rings. The number of para-hydroxylation sites is 1. The molecule has 0 aliphatic carbocycles. The van der Waals surface area contributed by atoms with Crippen LogP contribution in [0.25, 0.3) is 0 Å². The Morgan fingerprint density at radius 1 is 1.43 bits per heavy atom. The molecule has 0 spiro atoms. The van der Waals surface area contributed by atoms with Gasteiger partial charge in [0, 0.05) is 0 Å². The summed E-state index contributed by atoms with van der Waals surface area (Å²) >= 11 is 0. The Balaban J connectivity index is 2.70. The Morgan fingerprint density at radius 2 is 2.21 bits per heavy atom. The first-order chi connectivity index (χ1) is 6.79. The summed E-state index contributed by atoms with van der Waals surface area (Å²) in [6.07, 6.45) is 0.736. The Morgan fingerprint density at radius 3 is 2.86 bits per heavy atom. The van der Waals surface area contributed by atoms with Crippen LogP contribution >= 0.6 is 0 Å². The van der Waals surface area contributed by atoms with Crippen LogP contribution in [0, 0.1) is 5.82 Å². The number of benzene rings is 1. The van der Waals surface area contributed by atoms with Crippen molar-refractivity contribution in [3.05, 3.63) is 24.0 Å². The van der Waals surface area contributed by atoms with E-state index in [4.69, 9.17) is 15.2 Å². The number of ether oxygens (including phenoxy) is 2. The highest BCUT2D eigenvalue weighted by Crippen LogP contribution is 2.29. The maximum Gasteiger partial charge on any atom is 0.196 e. The molecule has 0 aliphatic heterocycles. The lowest BCUT2D eigenvalue weighted by atomic mass is 10.3. The van der Waals surface area contributed by atoms with Crippen LogP contribution < -0.4 is 15.2 Å². The van der Waals surface area contributed by atoms with Crippen LogP contribution in [0.4, 0.5) is 4.39 Å². The molecule has 0 amide bonds. The summed E-state index contributed by atoms with van der Waals surface area (Å²) in [5.41, 5.74) is 5.31. The van der Waals surface area contributed by atoms with E-state index in [0.29, 0.717) is 18.9 Å². The number of hydrogen-bond donors (Lipinski definition) is 1. The lowest BCUT2D eigenvalue weighted by Crippen LogP contribution is -2.07. The average Bonchev–Trinajstić information content (AvgIpc) is 2.18. The standard InChI is InChI=1S/C10H14FNO2/c1-13-10-8(11)4-2-5-9(10)14-7-3-6-12/h2,4-5H,3,6-7,12H2,1H3. The maximum absolute atomic E-state index is 13.1. The number of hydrogen-bond acceptors (Lipinski definition) is 3. The second-order valence-electron chi connectivity index (χ2n) is 2.76. The summed E-state index contributed by atoms with van der Waals surface area (Å²) < 4.78 is 23.3. The largest absolute Gasteiger partial charge is 0.490 e. The summed E-state index contributed by atoms with van der Waals surface area (Å²) in [4.78, 5) is 0. The lowest BCUT2D eigenvalue weighted by molar-refractivity contribution is 0.284. The number of rotatable bonds is 5. The van der Waals surface area contributed by atoms with E-state index in [-0.39, 0.29) is 5.75 Å². The van der Waals surface area contributed by atoms with Crippen molar-refractivity contribution in [1.29, 1.82) is 0 Å². The van der Waals surface area contributed by atoms with Crippen LogP contribution in [0.3, 0.4) is 0 Å². The first-order valence-corrected chi connectivity index (χ1v) is 4.45. The summed E-state index contributed by atoms with van der Waals surface area (Å²) in [5, 5.41) is 0. The molecule has 0 saturated heterocycles. The fourth-order valence-corrected chi connectivity index (χ4v) is 1.07. The van der Waals surface area contributed by atoms with E-state index in [1.165, 1.54) is 13.2 Å². The predicted octanol–water partition coefficient (Wildman–Crippen LogP) is 1.56. The molecule has 1 aromatic carbocycles. The third-order valence-electron chi connectivity index (χ3n) is 1.74. The molecule has 0 radical (unpaired) electrons. The topological polar surface area (TPSA) is 44.5 Å². The maximum atomic E-state index is 13.1. The second kappa shape index (κ2) is 5.44. The van der Waals surface area contributed by atoms with E-state index >= 15 is 0 Å². The lowest BCUT2D eigenvalue weighted by Gasteiger charge is -2.10. The Kier molecular flexibility index (Phi) is 4.19. The highest BCUT2D eigenvalue weighted by atomic mass is 19.1. The summed E-state index contributed by atoms with van der Waals surface area (Å²) in [6, 6.07) is 4.57. The van der Waals surface area contributed by atoms with E-state index in [2.05, 4.69) is 0 Å². The van der Waals surface area contributed by atoms with Gasteiger partial charge in [0.05, 0.1) is 13.7 Å². The van der Waals surface area contributed by atoms with E-state index in [0.717, 1.165) is 6.42 Å². The molecule has 0 heterocycles. The third-order valence-corrected chi connectivity index (χ3v) is 1.74. The fourth-order valence-electron chi connectivity index (χ4n) is 1.07. The summed E-state index contributed by atoms with van der Waals surface area (Å²) in [5.74, 6) is 0.142. The van der Waals surface area contributed by atoms with Gasteiger partial charge in [-0.1, -0.05) is 6.07 Å². The monoisotopic (exact) mass is 199 g/mol. The molecular weight excluding hydrogens is 185 g/mol. The van der Waals surface area contributed by atoms with Gasteiger partial charge in [-0.3, -0.25) is 0 Å². The number of nitrogens with two attached hydrogens (primary N) is 1. The van der Waals surface area contributed by atoms with Gasteiger partial charge < -0.3 is 15.2 Å². The number of methoxy groups -OCH3 is 1. The zero-order valence-electron chi connectivity index (χ0n) is 8.13. The van der Waals surface area contributed by atoms with Gasteiger partial charge in [-0.25, -0.2) is 4.39 Å². The Bertz CT molecular complexity index is 291. The van der Waals surface area contributed by atoms with E-state index in [1.807, 2.05) is 0 Å². The highest BCUT2D eigenvalue weighted by molar-refractivity contribution is 5.40. The van der Waals surface area contributed by atoms with Gasteiger partial charge in [0.25, 0.3) is 0 Å². The summed E-state index contributed by atoms with van der Waals surface area (Å²) in [6.45, 7) is 1.02. The average molecular weight is 199 g/mol. The molecule has 0 fully saturated rings. The van der Waals surface area contributed by atoms with Crippen molar-refractivity contribution in [3.8, 4) is 11.5 Å². The van der Waals surface area contributed by atoms with Crippen molar-refractivity contribution in [2.45, 2.75) is 6.42 Å². The van der Waals surface area contributed by atoms with Crippen molar-refractivity contribution in [2.75, 3.05) is 20.3 Å². The van der Waals surface area contributed by atoms with Gasteiger partial charge in [-0.15, -0.1) is 0 Å². The van der Waals surface area contributed by atoms with Crippen LogP contribution in [0.15, 0.2) is 18.2 Å². The van der Waals surface area contributed by atoms with Gasteiger partial charge in [0.15, 0.2) is 17.3 Å². The molecule has 0 aliphatic rings. The van der Waals surface area contributed by atoms with Gasteiger partial charge >= 0.3 is 0 Å². The van der Waals surface area contributed by atoms with Crippen LogP contribution in [-0.4, -0.2) is 20.3 Å². The normalized spacial score (nSPS) is 9.93. The molecule has 0 unspecified atom stereocenters. The Hall–Kier alpha value is -1.29. The molecule has 0 atom stereocenters. The minimum Gasteiger partial charge on any atom is -0.490 e. The molecule has 4 heteroatoms. The fraction of sp³-hybridized carbons (Fsp3) is 0.400. The van der Waals surface area contributed by atoms with Crippen molar-refractivity contribution < 1.29 is 13.9 Å². The molecule has 3 nitrogen and oxygen atoms in total. The van der Waals surface area contributed by atoms with Gasteiger partial charge in [-0.2, -0.15) is 0 Å². The molecule has 2 N–H and O–H groups in total. The van der Waals surface area contributed by atoms with Crippen LogP contribution in [0.5, 0.6) is 11.5 Å². The van der Waals surface area contributed by atoms with E-state index < -0.39 is 5.82 Å². The van der Waals surface area contributed by atoms with E-state index in [9.17, 15) is 4.39 Å². The van der Waals surface area contributed by atoms with Crippen LogP contribution in [0.2, 0.25) is 0 Å². The molecule has 1 rings (SSSR count). The zero-order chi connectivity index (χ0) is 10.4. The molecule has 0 bridgehead atoms.